The molecule has 0 fully saturated rings. The summed E-state index contributed by atoms with van der Waals surface area (Å²) in [4.78, 5) is 12.3. The van der Waals surface area contributed by atoms with Crippen LogP contribution < -0.4 is 5.32 Å². The van der Waals surface area contributed by atoms with Gasteiger partial charge >= 0.3 is 0 Å². The molecule has 100 valence electrons. The second-order valence-electron chi connectivity index (χ2n) is 3.49. The predicted molar refractivity (Wildman–Crippen MR) is 74.0 cm³/mol. The molecule has 0 aliphatic rings. The van der Waals surface area contributed by atoms with Gasteiger partial charge in [-0.05, 0) is 42.7 Å². The lowest BCUT2D eigenvalue weighted by molar-refractivity contribution is 0.0948. The van der Waals surface area contributed by atoms with Crippen LogP contribution in [-0.2, 0) is 10.8 Å². The molecule has 1 aromatic heterocycles. The van der Waals surface area contributed by atoms with Gasteiger partial charge in [0.05, 0.1) is 10.8 Å². The summed E-state index contributed by atoms with van der Waals surface area (Å²) in [6.45, 7) is 2.27. The van der Waals surface area contributed by atoms with E-state index in [0.29, 0.717) is 20.7 Å². The van der Waals surface area contributed by atoms with Gasteiger partial charge < -0.3 is 5.32 Å². The van der Waals surface area contributed by atoms with Gasteiger partial charge in [0.1, 0.15) is 0 Å². The van der Waals surface area contributed by atoms with Gasteiger partial charge in [-0.1, -0.05) is 16.1 Å². The van der Waals surface area contributed by atoms with E-state index in [4.69, 9.17) is 11.6 Å². The quantitative estimate of drug-likeness (QED) is 0.938. The van der Waals surface area contributed by atoms with Crippen molar-refractivity contribution in [2.75, 3.05) is 6.54 Å². The molecule has 2 aromatic rings. The third kappa shape index (κ3) is 3.17. The van der Waals surface area contributed by atoms with Gasteiger partial charge in [0, 0.05) is 16.5 Å². The van der Waals surface area contributed by atoms with E-state index in [1.165, 1.54) is 0 Å². The molecule has 1 atom stereocenters. The smallest absolute Gasteiger partial charge is 0.274 e. The van der Waals surface area contributed by atoms with Gasteiger partial charge in [0.25, 0.3) is 5.91 Å². The number of carbonyl (C=O) groups is 1. The van der Waals surface area contributed by atoms with Crippen LogP contribution in [0.4, 0.5) is 0 Å². The molecule has 5 nitrogen and oxygen atoms in total. The topological polar surface area (TPSA) is 72.0 Å². The number of carbonyl (C=O) groups excluding carboxylic acids is 1. The van der Waals surface area contributed by atoms with Gasteiger partial charge in [0.15, 0.2) is 9.90 Å². The summed E-state index contributed by atoms with van der Waals surface area (Å²) >= 11 is 6.73. The van der Waals surface area contributed by atoms with E-state index in [1.807, 2.05) is 0 Å². The van der Waals surface area contributed by atoms with Crippen molar-refractivity contribution in [3.63, 3.8) is 0 Å². The molecule has 0 aliphatic heterocycles. The summed E-state index contributed by atoms with van der Waals surface area (Å²) in [5.41, 5.74) is 0.111. The number of nitrogens with one attached hydrogen (secondary N) is 1. The van der Waals surface area contributed by atoms with Gasteiger partial charge in [-0.15, -0.1) is 5.10 Å². The van der Waals surface area contributed by atoms with E-state index in [1.54, 1.807) is 31.2 Å². The molecule has 1 N–H and O–H groups in total. The molecule has 0 spiro atoms. The maximum atomic E-state index is 12.4. The van der Waals surface area contributed by atoms with Crippen molar-refractivity contribution in [1.29, 1.82) is 0 Å². The Labute approximate surface area is 121 Å². The van der Waals surface area contributed by atoms with Crippen molar-refractivity contribution in [2.24, 2.45) is 0 Å². The SMILES string of the molecule is CCNC(=O)c1nnsc1[S@@](=O)c1ccc(Cl)cc1. The van der Waals surface area contributed by atoms with Gasteiger partial charge in [-0.2, -0.15) is 0 Å². The minimum absolute atomic E-state index is 0.111. The molecule has 8 heteroatoms. The Bertz CT molecular complexity index is 613. The minimum Gasteiger partial charge on any atom is -0.351 e. The van der Waals surface area contributed by atoms with Crippen LogP contribution in [-0.4, -0.2) is 26.2 Å². The van der Waals surface area contributed by atoms with E-state index >= 15 is 0 Å². The summed E-state index contributed by atoms with van der Waals surface area (Å²) in [7, 11) is -1.49. The standard InChI is InChI=1S/C11H10ClN3O2S2/c1-2-13-10(16)9-11(18-15-14-9)19(17)8-5-3-7(12)4-6-8/h3-6H,2H2,1H3,(H,13,16)/t19-/m0/s1. The third-order valence-electron chi connectivity index (χ3n) is 2.21. The average Bonchev–Trinajstić information content (AvgIpc) is 2.88. The summed E-state index contributed by atoms with van der Waals surface area (Å²) in [5, 5.41) is 6.91. The first-order valence-electron chi connectivity index (χ1n) is 5.41. The Kier molecular flexibility index (Phi) is 4.62. The molecule has 1 heterocycles. The maximum Gasteiger partial charge on any atom is 0.274 e. The molecule has 0 radical (unpaired) electrons. The van der Waals surface area contributed by atoms with Crippen molar-refractivity contribution in [1.82, 2.24) is 14.9 Å². The fourth-order valence-electron chi connectivity index (χ4n) is 1.35. The first-order valence-corrected chi connectivity index (χ1v) is 7.71. The Balaban J connectivity index is 2.32. The Hall–Kier alpha value is -1.31. The first kappa shape index (κ1) is 14.1. The van der Waals surface area contributed by atoms with Crippen LogP contribution in [0.3, 0.4) is 0 Å². The van der Waals surface area contributed by atoms with Crippen LogP contribution in [0.2, 0.25) is 5.02 Å². The lowest BCUT2D eigenvalue weighted by Crippen LogP contribution is -2.24. The molecular weight excluding hydrogens is 306 g/mol. The fraction of sp³-hybridized carbons (Fsp3) is 0.182. The normalized spacial score (nSPS) is 12.1. The minimum atomic E-state index is -1.49. The van der Waals surface area contributed by atoms with Crippen LogP contribution in [0.25, 0.3) is 0 Å². The Morgan fingerprint density at radius 2 is 2.11 bits per heavy atom. The molecule has 0 aliphatic carbocycles. The molecule has 0 saturated carbocycles. The van der Waals surface area contributed by atoms with Crippen molar-refractivity contribution < 1.29 is 9.00 Å². The van der Waals surface area contributed by atoms with Crippen LogP contribution in [0.1, 0.15) is 17.4 Å². The lowest BCUT2D eigenvalue weighted by Gasteiger charge is -2.02. The highest BCUT2D eigenvalue weighted by Crippen LogP contribution is 2.23. The molecule has 1 amide bonds. The van der Waals surface area contributed by atoms with E-state index in [0.717, 1.165) is 11.5 Å². The van der Waals surface area contributed by atoms with Crippen molar-refractivity contribution in [2.45, 2.75) is 16.0 Å². The van der Waals surface area contributed by atoms with E-state index < -0.39 is 10.8 Å². The summed E-state index contributed by atoms with van der Waals surface area (Å²) in [6, 6.07) is 6.60. The largest absolute Gasteiger partial charge is 0.351 e. The van der Waals surface area contributed by atoms with Crippen molar-refractivity contribution >= 4 is 39.8 Å². The number of amides is 1. The number of halogens is 1. The lowest BCUT2D eigenvalue weighted by atomic mass is 10.4. The highest BCUT2D eigenvalue weighted by atomic mass is 35.5. The summed E-state index contributed by atoms with van der Waals surface area (Å²) in [6.07, 6.45) is 0. The molecule has 0 bridgehead atoms. The Morgan fingerprint density at radius 3 is 2.74 bits per heavy atom. The maximum absolute atomic E-state index is 12.4. The van der Waals surface area contributed by atoms with Gasteiger partial charge in [0.2, 0.25) is 0 Å². The van der Waals surface area contributed by atoms with Crippen molar-refractivity contribution in [3.05, 3.63) is 35.0 Å². The molecular formula is C11H10ClN3O2S2. The number of hydrogen-bond acceptors (Lipinski definition) is 5. The zero-order valence-corrected chi connectivity index (χ0v) is 12.3. The van der Waals surface area contributed by atoms with Crippen LogP contribution in [0.15, 0.2) is 33.4 Å². The number of benzene rings is 1. The fourth-order valence-corrected chi connectivity index (χ4v) is 3.46. The van der Waals surface area contributed by atoms with E-state index in [-0.39, 0.29) is 11.6 Å². The Morgan fingerprint density at radius 1 is 1.42 bits per heavy atom. The van der Waals surface area contributed by atoms with Crippen molar-refractivity contribution in [3.8, 4) is 0 Å². The molecule has 2 rings (SSSR count). The van der Waals surface area contributed by atoms with E-state index in [9.17, 15) is 9.00 Å². The first-order chi connectivity index (χ1) is 9.13. The molecule has 0 unspecified atom stereocenters. The predicted octanol–water partition coefficient (Wildman–Crippen LogP) is 2.11. The monoisotopic (exact) mass is 315 g/mol. The summed E-state index contributed by atoms with van der Waals surface area (Å²) < 4.78 is 16.4. The molecule has 1 aromatic carbocycles. The van der Waals surface area contributed by atoms with Crippen LogP contribution in [0, 0.1) is 0 Å². The van der Waals surface area contributed by atoms with Gasteiger partial charge in [-0.25, -0.2) is 4.21 Å². The zero-order valence-electron chi connectivity index (χ0n) is 9.92. The number of rotatable bonds is 4. The number of hydrogen-bond donors (Lipinski definition) is 1. The second-order valence-corrected chi connectivity index (χ2v) is 6.36. The highest BCUT2D eigenvalue weighted by molar-refractivity contribution is 7.87. The average molecular weight is 316 g/mol. The van der Waals surface area contributed by atoms with Crippen LogP contribution in [0.5, 0.6) is 0 Å². The van der Waals surface area contributed by atoms with Crippen LogP contribution >= 0.6 is 23.1 Å². The van der Waals surface area contributed by atoms with E-state index in [2.05, 4.69) is 14.9 Å². The summed E-state index contributed by atoms with van der Waals surface area (Å²) in [5.74, 6) is -0.367. The molecule has 19 heavy (non-hydrogen) atoms. The zero-order chi connectivity index (χ0) is 13.8. The number of aromatic nitrogens is 2. The molecule has 0 saturated heterocycles. The second kappa shape index (κ2) is 6.23. The van der Waals surface area contributed by atoms with Gasteiger partial charge in [-0.3, -0.25) is 4.79 Å². The number of nitrogens with zero attached hydrogens (tertiary/aromatic N) is 2. The highest BCUT2D eigenvalue weighted by Gasteiger charge is 2.21. The third-order valence-corrected chi connectivity index (χ3v) is 4.89.